The molecule has 0 spiro atoms. The topological polar surface area (TPSA) is 80.8 Å². The molecule has 2 aromatic rings. The van der Waals surface area contributed by atoms with Crippen LogP contribution in [0.25, 0.3) is 0 Å². The van der Waals surface area contributed by atoms with Crippen molar-refractivity contribution in [1.29, 1.82) is 0 Å². The summed E-state index contributed by atoms with van der Waals surface area (Å²) in [5, 5.41) is 2.89. The van der Waals surface area contributed by atoms with E-state index in [1.165, 1.54) is 12.4 Å². The van der Waals surface area contributed by atoms with Crippen molar-refractivity contribution in [3.05, 3.63) is 52.8 Å². The second kappa shape index (κ2) is 8.11. The predicted octanol–water partition coefficient (Wildman–Crippen LogP) is 2.83. The van der Waals surface area contributed by atoms with Crippen LogP contribution in [0, 0.1) is 0 Å². The van der Waals surface area contributed by atoms with Gasteiger partial charge in [0.1, 0.15) is 0 Å². The van der Waals surface area contributed by atoms with E-state index in [2.05, 4.69) is 10.3 Å². The van der Waals surface area contributed by atoms with Crippen LogP contribution in [0.5, 0.6) is 11.5 Å². The first kappa shape index (κ1) is 20.6. The summed E-state index contributed by atoms with van der Waals surface area (Å²) in [6, 6.07) is 5.48. The van der Waals surface area contributed by atoms with Gasteiger partial charge in [-0.15, -0.1) is 0 Å². The van der Waals surface area contributed by atoms with Crippen molar-refractivity contribution in [3.63, 3.8) is 0 Å². The number of pyridine rings is 1. The summed E-state index contributed by atoms with van der Waals surface area (Å²) in [6.45, 7) is 6.76. The Kier molecular flexibility index (Phi) is 5.77. The zero-order chi connectivity index (χ0) is 21.2. The second-order valence-electron chi connectivity index (χ2n) is 8.12. The van der Waals surface area contributed by atoms with Crippen LogP contribution in [0.4, 0.5) is 0 Å². The molecule has 0 fully saturated rings. The van der Waals surface area contributed by atoms with Gasteiger partial charge in [0.25, 0.3) is 11.8 Å². The van der Waals surface area contributed by atoms with Crippen molar-refractivity contribution in [2.45, 2.75) is 39.3 Å². The third-order valence-electron chi connectivity index (χ3n) is 4.74. The smallest absolute Gasteiger partial charge is 0.255 e. The Morgan fingerprint density at radius 1 is 1.00 bits per heavy atom. The van der Waals surface area contributed by atoms with Crippen LogP contribution in [0.3, 0.4) is 0 Å². The third kappa shape index (κ3) is 4.67. The summed E-state index contributed by atoms with van der Waals surface area (Å²) in [4.78, 5) is 31.3. The number of benzene rings is 1. The van der Waals surface area contributed by atoms with Gasteiger partial charge in [-0.05, 0) is 56.5 Å². The average Bonchev–Trinajstić information content (AvgIpc) is 2.70. The quantitative estimate of drug-likeness (QED) is 0.858. The molecular weight excluding hydrogens is 370 g/mol. The monoisotopic (exact) mass is 397 g/mol. The van der Waals surface area contributed by atoms with E-state index >= 15 is 0 Å². The number of nitrogens with one attached hydrogen (secondary N) is 1. The molecule has 3 rings (SSSR count). The Morgan fingerprint density at radius 3 is 2.24 bits per heavy atom. The van der Waals surface area contributed by atoms with Crippen molar-refractivity contribution in [3.8, 4) is 11.5 Å². The van der Waals surface area contributed by atoms with Gasteiger partial charge in [0.05, 0.1) is 25.3 Å². The normalized spacial score (nSPS) is 13.5. The highest BCUT2D eigenvalue weighted by atomic mass is 16.5. The minimum absolute atomic E-state index is 0.150. The molecule has 0 atom stereocenters. The molecule has 0 radical (unpaired) electrons. The van der Waals surface area contributed by atoms with Gasteiger partial charge in [0.2, 0.25) is 0 Å². The van der Waals surface area contributed by atoms with Gasteiger partial charge in [0.15, 0.2) is 11.5 Å². The first-order valence-corrected chi connectivity index (χ1v) is 9.52. The zero-order valence-corrected chi connectivity index (χ0v) is 17.5. The first-order chi connectivity index (χ1) is 13.7. The Balaban J connectivity index is 1.80. The van der Waals surface area contributed by atoms with Crippen molar-refractivity contribution < 1.29 is 19.1 Å². The molecule has 0 unspecified atom stereocenters. The Labute approximate surface area is 171 Å². The number of carbonyl (C=O) groups excluding carboxylic acids is 2. The van der Waals surface area contributed by atoms with Gasteiger partial charge < -0.3 is 19.7 Å². The summed E-state index contributed by atoms with van der Waals surface area (Å²) >= 11 is 0. The number of fused-ring (bicyclic) bond motifs is 1. The van der Waals surface area contributed by atoms with Gasteiger partial charge in [-0.25, -0.2) is 0 Å². The van der Waals surface area contributed by atoms with E-state index in [0.29, 0.717) is 35.7 Å². The molecule has 154 valence electrons. The van der Waals surface area contributed by atoms with Crippen molar-refractivity contribution >= 4 is 11.8 Å². The fourth-order valence-corrected chi connectivity index (χ4v) is 3.33. The first-order valence-electron chi connectivity index (χ1n) is 9.52. The van der Waals surface area contributed by atoms with E-state index in [1.807, 2.05) is 32.9 Å². The number of rotatable bonds is 4. The van der Waals surface area contributed by atoms with Crippen LogP contribution >= 0.6 is 0 Å². The maximum absolute atomic E-state index is 13.0. The molecule has 7 nitrogen and oxygen atoms in total. The van der Waals surface area contributed by atoms with Crippen molar-refractivity contribution in [2.75, 3.05) is 20.8 Å². The van der Waals surface area contributed by atoms with Crippen LogP contribution < -0.4 is 14.8 Å². The largest absolute Gasteiger partial charge is 0.493 e. The van der Waals surface area contributed by atoms with Gasteiger partial charge in [-0.2, -0.15) is 0 Å². The van der Waals surface area contributed by atoms with Crippen LogP contribution in [-0.2, 0) is 13.0 Å². The molecule has 0 saturated carbocycles. The number of ether oxygens (including phenoxy) is 2. The fourth-order valence-electron chi connectivity index (χ4n) is 3.33. The number of carbonyl (C=O) groups is 2. The maximum atomic E-state index is 13.0. The molecule has 0 aliphatic carbocycles. The third-order valence-corrected chi connectivity index (χ3v) is 4.74. The molecule has 1 aliphatic rings. The zero-order valence-electron chi connectivity index (χ0n) is 17.5. The molecule has 1 aliphatic heterocycles. The molecule has 0 saturated heterocycles. The molecule has 29 heavy (non-hydrogen) atoms. The van der Waals surface area contributed by atoms with Crippen LogP contribution in [0.2, 0.25) is 0 Å². The number of amides is 2. The van der Waals surface area contributed by atoms with Gasteiger partial charge in [0, 0.05) is 31.0 Å². The fraction of sp³-hybridized carbons (Fsp3) is 0.409. The SMILES string of the molecule is COc1cc2c(cc1OC)CN(C(=O)c1cncc(C(=O)NC(C)(C)C)c1)CC2. The number of methoxy groups -OCH3 is 2. The lowest BCUT2D eigenvalue weighted by Gasteiger charge is -2.29. The Bertz CT molecular complexity index is 934. The van der Waals surface area contributed by atoms with E-state index < -0.39 is 0 Å². The standard InChI is InChI=1S/C22H27N3O4/c1-22(2,3)24-20(26)15-8-16(12-23-11-15)21(27)25-7-6-14-9-18(28-4)19(29-5)10-17(14)13-25/h8-12H,6-7,13H2,1-5H3,(H,24,26). The Hall–Kier alpha value is -3.09. The van der Waals surface area contributed by atoms with E-state index in [1.54, 1.807) is 25.2 Å². The summed E-state index contributed by atoms with van der Waals surface area (Å²) < 4.78 is 10.7. The lowest BCUT2D eigenvalue weighted by molar-refractivity contribution is 0.0734. The Morgan fingerprint density at radius 2 is 1.62 bits per heavy atom. The van der Waals surface area contributed by atoms with Crippen molar-refractivity contribution in [1.82, 2.24) is 15.2 Å². The van der Waals surface area contributed by atoms with Crippen LogP contribution in [0.1, 0.15) is 52.6 Å². The number of hydrogen-bond acceptors (Lipinski definition) is 5. The average molecular weight is 397 g/mol. The summed E-state index contributed by atoms with van der Waals surface area (Å²) in [5.74, 6) is 0.930. The molecule has 2 amide bonds. The summed E-state index contributed by atoms with van der Waals surface area (Å²) in [7, 11) is 3.20. The molecule has 0 bridgehead atoms. The second-order valence-corrected chi connectivity index (χ2v) is 8.12. The highest BCUT2D eigenvalue weighted by Crippen LogP contribution is 2.33. The highest BCUT2D eigenvalue weighted by Gasteiger charge is 2.25. The highest BCUT2D eigenvalue weighted by molar-refractivity contribution is 5.99. The van der Waals surface area contributed by atoms with E-state index in [4.69, 9.17) is 9.47 Å². The molecular formula is C22H27N3O4. The lowest BCUT2D eigenvalue weighted by atomic mass is 9.98. The van der Waals surface area contributed by atoms with E-state index in [9.17, 15) is 9.59 Å². The molecule has 7 heteroatoms. The van der Waals surface area contributed by atoms with Crippen LogP contribution in [0.15, 0.2) is 30.6 Å². The number of aromatic nitrogens is 1. The van der Waals surface area contributed by atoms with Gasteiger partial charge in [-0.3, -0.25) is 14.6 Å². The van der Waals surface area contributed by atoms with E-state index in [-0.39, 0.29) is 17.4 Å². The van der Waals surface area contributed by atoms with Crippen LogP contribution in [-0.4, -0.2) is 48.0 Å². The minimum atomic E-state index is -0.367. The van der Waals surface area contributed by atoms with E-state index in [0.717, 1.165) is 17.5 Å². The maximum Gasteiger partial charge on any atom is 0.255 e. The lowest BCUT2D eigenvalue weighted by Crippen LogP contribution is -2.40. The molecule has 1 aromatic carbocycles. The molecule has 1 N–H and O–H groups in total. The molecule has 1 aromatic heterocycles. The molecule has 2 heterocycles. The number of nitrogens with zero attached hydrogens (tertiary/aromatic N) is 2. The minimum Gasteiger partial charge on any atom is -0.493 e. The van der Waals surface area contributed by atoms with Crippen molar-refractivity contribution in [2.24, 2.45) is 0 Å². The summed E-state index contributed by atoms with van der Waals surface area (Å²) in [6.07, 6.45) is 3.69. The number of hydrogen-bond donors (Lipinski definition) is 1. The summed E-state index contributed by atoms with van der Waals surface area (Å²) in [5.41, 5.74) is 2.57. The van der Waals surface area contributed by atoms with Gasteiger partial charge in [-0.1, -0.05) is 0 Å². The van der Waals surface area contributed by atoms with Gasteiger partial charge >= 0.3 is 0 Å². The predicted molar refractivity (Wildman–Crippen MR) is 109 cm³/mol.